The summed E-state index contributed by atoms with van der Waals surface area (Å²) in [6.45, 7) is 19.0. The average Bonchev–Trinajstić information content (AvgIpc) is 2.92. The summed E-state index contributed by atoms with van der Waals surface area (Å²) in [4.78, 5) is 0. The van der Waals surface area contributed by atoms with E-state index in [9.17, 15) is 0 Å². The SMILES string of the molecule is CC/C=C\C(C)CC1(/C(=C/C=C(\C)CC)CC)CCCC(CC/C=C(\C)CC2CCCC(C(C)CCC)C2)C1. The van der Waals surface area contributed by atoms with Gasteiger partial charge in [-0.05, 0) is 113 Å². The molecule has 0 radical (unpaired) electrons. The molecular weight excluding hydrogens is 468 g/mol. The topological polar surface area (TPSA) is 0 Å². The molecule has 2 fully saturated rings. The molecule has 0 amide bonds. The quantitative estimate of drug-likeness (QED) is 0.136. The van der Waals surface area contributed by atoms with Crippen molar-refractivity contribution in [2.24, 2.45) is 35.0 Å². The van der Waals surface area contributed by atoms with Gasteiger partial charge in [-0.25, -0.2) is 0 Å². The second-order valence-corrected chi connectivity index (χ2v) is 14.1. The van der Waals surface area contributed by atoms with Crippen molar-refractivity contribution in [2.75, 3.05) is 0 Å². The molecule has 0 N–H and O–H groups in total. The largest absolute Gasteiger partial charge is 0.0885 e. The standard InChI is InChI=1S/C39H68/c1-9-13-18-33(7)29-39(38(12-4)25-24-31(5)11-3)26-16-22-35(30-39)20-14-19-32(6)27-36-21-15-23-37(28-36)34(8)17-10-2/h13,18-19,24-25,33-37H,9-12,14-17,20-23,26-30H2,1-8H3/b18-13-,31-24+,32-19+,38-25+. The minimum absolute atomic E-state index is 0.394. The van der Waals surface area contributed by atoms with Crippen molar-refractivity contribution >= 4 is 0 Å². The molecule has 0 heterocycles. The van der Waals surface area contributed by atoms with Crippen molar-refractivity contribution in [1.29, 1.82) is 0 Å². The predicted molar refractivity (Wildman–Crippen MR) is 177 cm³/mol. The van der Waals surface area contributed by atoms with Gasteiger partial charge in [0.05, 0.1) is 0 Å². The molecule has 6 atom stereocenters. The van der Waals surface area contributed by atoms with Gasteiger partial charge >= 0.3 is 0 Å². The minimum atomic E-state index is 0.394. The van der Waals surface area contributed by atoms with Crippen LogP contribution in [0.15, 0.2) is 47.1 Å². The van der Waals surface area contributed by atoms with Crippen molar-refractivity contribution in [1.82, 2.24) is 0 Å². The fourth-order valence-electron chi connectivity index (χ4n) is 8.25. The van der Waals surface area contributed by atoms with Crippen LogP contribution in [0.1, 0.15) is 165 Å². The van der Waals surface area contributed by atoms with Crippen LogP contribution >= 0.6 is 0 Å². The van der Waals surface area contributed by atoms with E-state index >= 15 is 0 Å². The van der Waals surface area contributed by atoms with E-state index in [0.29, 0.717) is 11.3 Å². The first-order chi connectivity index (χ1) is 18.8. The summed E-state index contributed by atoms with van der Waals surface area (Å²) < 4.78 is 0. The van der Waals surface area contributed by atoms with Crippen LogP contribution in [-0.2, 0) is 0 Å². The lowest BCUT2D eigenvalue weighted by Gasteiger charge is -2.44. The summed E-state index contributed by atoms with van der Waals surface area (Å²) in [7, 11) is 0. The maximum atomic E-state index is 2.64. The third-order valence-electron chi connectivity index (χ3n) is 10.6. The van der Waals surface area contributed by atoms with Crippen LogP contribution in [-0.4, -0.2) is 0 Å². The van der Waals surface area contributed by atoms with Gasteiger partial charge in [-0.2, -0.15) is 0 Å². The summed E-state index contributed by atoms with van der Waals surface area (Å²) in [5, 5.41) is 0. The van der Waals surface area contributed by atoms with Crippen LogP contribution in [0.4, 0.5) is 0 Å². The zero-order chi connectivity index (χ0) is 28.7. The minimum Gasteiger partial charge on any atom is -0.0885 e. The monoisotopic (exact) mass is 537 g/mol. The Morgan fingerprint density at radius 1 is 0.897 bits per heavy atom. The van der Waals surface area contributed by atoms with E-state index in [4.69, 9.17) is 0 Å². The maximum Gasteiger partial charge on any atom is -0.00769 e. The molecule has 39 heavy (non-hydrogen) atoms. The van der Waals surface area contributed by atoms with Crippen LogP contribution in [0.25, 0.3) is 0 Å². The smallest absolute Gasteiger partial charge is 0.00769 e. The molecule has 2 rings (SSSR count). The molecule has 6 unspecified atom stereocenters. The Bertz CT molecular complexity index is 791. The van der Waals surface area contributed by atoms with E-state index in [-0.39, 0.29) is 0 Å². The molecular formula is C39H68. The van der Waals surface area contributed by atoms with E-state index in [2.05, 4.69) is 85.8 Å². The molecule has 2 aliphatic carbocycles. The normalized spacial score (nSPS) is 29.1. The lowest BCUT2D eigenvalue weighted by molar-refractivity contribution is 0.144. The van der Waals surface area contributed by atoms with Gasteiger partial charge in [0.2, 0.25) is 0 Å². The van der Waals surface area contributed by atoms with Gasteiger partial charge < -0.3 is 0 Å². The summed E-state index contributed by atoms with van der Waals surface area (Å²) in [5.41, 5.74) is 5.31. The highest BCUT2D eigenvalue weighted by Crippen LogP contribution is 2.51. The summed E-state index contributed by atoms with van der Waals surface area (Å²) in [5.74, 6) is 4.40. The highest BCUT2D eigenvalue weighted by atomic mass is 14.4. The molecule has 2 saturated carbocycles. The molecule has 0 aliphatic heterocycles. The van der Waals surface area contributed by atoms with E-state index in [0.717, 1.165) is 36.5 Å². The van der Waals surface area contributed by atoms with E-state index in [1.807, 2.05) is 0 Å². The van der Waals surface area contributed by atoms with Crippen LogP contribution in [0.2, 0.25) is 0 Å². The Balaban J connectivity index is 2.04. The fourth-order valence-corrected chi connectivity index (χ4v) is 8.25. The van der Waals surface area contributed by atoms with Crippen molar-refractivity contribution in [3.05, 3.63) is 47.1 Å². The number of allylic oxidation sites excluding steroid dienone is 8. The zero-order valence-corrected chi connectivity index (χ0v) is 27.8. The number of hydrogen-bond acceptors (Lipinski definition) is 0. The van der Waals surface area contributed by atoms with Gasteiger partial charge in [0, 0.05) is 0 Å². The molecule has 0 aromatic rings. The number of hydrogen-bond donors (Lipinski definition) is 0. The Morgan fingerprint density at radius 3 is 2.36 bits per heavy atom. The highest BCUT2D eigenvalue weighted by Gasteiger charge is 2.39. The lowest BCUT2D eigenvalue weighted by atomic mass is 9.60. The average molecular weight is 537 g/mol. The first-order valence-electron chi connectivity index (χ1n) is 17.5. The second kappa shape index (κ2) is 18.4. The van der Waals surface area contributed by atoms with Gasteiger partial charge in [0.15, 0.2) is 0 Å². The molecule has 224 valence electrons. The van der Waals surface area contributed by atoms with Gasteiger partial charge in [0.25, 0.3) is 0 Å². The highest BCUT2D eigenvalue weighted by molar-refractivity contribution is 5.24. The van der Waals surface area contributed by atoms with E-state index < -0.39 is 0 Å². The van der Waals surface area contributed by atoms with E-state index in [1.165, 1.54) is 102 Å². The van der Waals surface area contributed by atoms with Gasteiger partial charge in [-0.3, -0.25) is 0 Å². The molecule has 0 heteroatoms. The van der Waals surface area contributed by atoms with E-state index in [1.54, 1.807) is 11.1 Å². The number of rotatable bonds is 16. The zero-order valence-electron chi connectivity index (χ0n) is 27.8. The second-order valence-electron chi connectivity index (χ2n) is 14.1. The summed E-state index contributed by atoms with van der Waals surface area (Å²) in [6, 6.07) is 0. The van der Waals surface area contributed by atoms with Crippen molar-refractivity contribution < 1.29 is 0 Å². The van der Waals surface area contributed by atoms with Gasteiger partial charge in [-0.1, -0.05) is 134 Å². The summed E-state index contributed by atoms with van der Waals surface area (Å²) in [6.07, 6.45) is 35.7. The molecule has 0 aromatic carbocycles. The Kier molecular flexibility index (Phi) is 16.1. The third-order valence-corrected chi connectivity index (χ3v) is 10.6. The molecule has 0 nitrogen and oxygen atoms in total. The van der Waals surface area contributed by atoms with Crippen molar-refractivity contribution in [3.63, 3.8) is 0 Å². The molecule has 0 bridgehead atoms. The van der Waals surface area contributed by atoms with Crippen LogP contribution in [0, 0.1) is 35.0 Å². The first kappa shape index (κ1) is 34.2. The Labute approximate surface area is 246 Å². The van der Waals surface area contributed by atoms with Crippen LogP contribution < -0.4 is 0 Å². The Hall–Kier alpha value is -1.04. The first-order valence-corrected chi connectivity index (χ1v) is 17.5. The Morgan fingerprint density at radius 2 is 1.67 bits per heavy atom. The predicted octanol–water partition coefficient (Wildman–Crippen LogP) is 13.2. The lowest BCUT2D eigenvalue weighted by Crippen LogP contribution is -2.32. The third kappa shape index (κ3) is 11.8. The van der Waals surface area contributed by atoms with Crippen LogP contribution in [0.3, 0.4) is 0 Å². The van der Waals surface area contributed by atoms with Crippen molar-refractivity contribution in [3.8, 4) is 0 Å². The molecule has 0 aromatic heterocycles. The summed E-state index contributed by atoms with van der Waals surface area (Å²) >= 11 is 0. The van der Waals surface area contributed by atoms with Crippen LogP contribution in [0.5, 0.6) is 0 Å². The molecule has 0 saturated heterocycles. The molecule has 2 aliphatic rings. The maximum absolute atomic E-state index is 2.64. The fraction of sp³-hybridized carbons (Fsp3) is 0.795. The van der Waals surface area contributed by atoms with Gasteiger partial charge in [-0.15, -0.1) is 0 Å². The molecule has 0 spiro atoms. The van der Waals surface area contributed by atoms with Gasteiger partial charge in [0.1, 0.15) is 0 Å². The van der Waals surface area contributed by atoms with Crippen molar-refractivity contribution in [2.45, 2.75) is 165 Å².